The van der Waals surface area contributed by atoms with Gasteiger partial charge in [-0.05, 0) is 5.56 Å². The monoisotopic (exact) mass is 246 g/mol. The fraction of sp³-hybridized carbons (Fsp3) is 0.182. The highest BCUT2D eigenvalue weighted by Crippen LogP contribution is 2.31. The van der Waals surface area contributed by atoms with Gasteiger partial charge in [-0.1, -0.05) is 17.3 Å². The van der Waals surface area contributed by atoms with Crippen LogP contribution in [0.5, 0.6) is 0 Å². The summed E-state index contributed by atoms with van der Waals surface area (Å²) < 4.78 is 0. The summed E-state index contributed by atoms with van der Waals surface area (Å²) in [5.41, 5.74) is 2.91. The molecule has 0 aliphatic carbocycles. The minimum atomic E-state index is -0.440. The first-order chi connectivity index (χ1) is 8.70. The predicted octanol–water partition coefficient (Wildman–Crippen LogP) is 0.130. The van der Waals surface area contributed by atoms with Crippen molar-refractivity contribution in [3.8, 4) is 0 Å². The summed E-state index contributed by atoms with van der Waals surface area (Å²) in [5.74, 6) is -0.440. The highest BCUT2D eigenvalue weighted by Gasteiger charge is 2.30. The molecule has 7 nitrogen and oxygen atoms in total. The molecule has 0 saturated carbocycles. The molecule has 4 N–H and O–H groups in total. The van der Waals surface area contributed by atoms with Gasteiger partial charge in [-0.15, -0.1) is 0 Å². The van der Waals surface area contributed by atoms with Gasteiger partial charge >= 0.3 is 6.03 Å². The van der Waals surface area contributed by atoms with Gasteiger partial charge in [-0.25, -0.2) is 4.79 Å². The highest BCUT2D eigenvalue weighted by molar-refractivity contribution is 6.53. The van der Waals surface area contributed by atoms with Crippen molar-refractivity contribution in [2.75, 3.05) is 5.32 Å². The first-order valence-corrected chi connectivity index (χ1v) is 5.41. The molecular formula is C11H10N4O3. The van der Waals surface area contributed by atoms with E-state index >= 15 is 0 Å². The van der Waals surface area contributed by atoms with E-state index in [1.807, 2.05) is 6.07 Å². The van der Waals surface area contributed by atoms with Crippen molar-refractivity contribution >= 4 is 23.3 Å². The number of fused-ring (bicyclic) bond motifs is 3. The van der Waals surface area contributed by atoms with Crippen LogP contribution in [0, 0.1) is 0 Å². The minimum Gasteiger partial charge on any atom is -0.410 e. The number of hydrogen-bond donors (Lipinski definition) is 4. The van der Waals surface area contributed by atoms with Gasteiger partial charge in [0, 0.05) is 24.2 Å². The number of nitrogens with one attached hydrogen (secondary N) is 3. The Kier molecular flexibility index (Phi) is 2.19. The Labute approximate surface area is 102 Å². The van der Waals surface area contributed by atoms with E-state index in [4.69, 9.17) is 5.21 Å². The Hall–Kier alpha value is -2.57. The van der Waals surface area contributed by atoms with Crippen molar-refractivity contribution in [3.63, 3.8) is 0 Å². The van der Waals surface area contributed by atoms with E-state index in [9.17, 15) is 9.59 Å². The molecular weight excluding hydrogens is 236 g/mol. The Morgan fingerprint density at radius 1 is 1.17 bits per heavy atom. The van der Waals surface area contributed by atoms with Gasteiger partial charge in [-0.3, -0.25) is 4.79 Å². The van der Waals surface area contributed by atoms with E-state index in [1.165, 1.54) is 0 Å². The summed E-state index contributed by atoms with van der Waals surface area (Å²) >= 11 is 0. The van der Waals surface area contributed by atoms with Gasteiger partial charge in [-0.2, -0.15) is 0 Å². The third-order valence-corrected chi connectivity index (χ3v) is 3.08. The quantitative estimate of drug-likeness (QED) is 0.386. The van der Waals surface area contributed by atoms with Crippen LogP contribution in [0.25, 0.3) is 0 Å². The predicted molar refractivity (Wildman–Crippen MR) is 62.5 cm³/mol. The van der Waals surface area contributed by atoms with Crippen molar-refractivity contribution in [1.29, 1.82) is 0 Å². The second-order valence-electron chi connectivity index (χ2n) is 4.06. The van der Waals surface area contributed by atoms with E-state index in [0.717, 1.165) is 11.1 Å². The third kappa shape index (κ3) is 1.41. The van der Waals surface area contributed by atoms with Gasteiger partial charge in [0.05, 0.1) is 5.69 Å². The fourth-order valence-electron chi connectivity index (χ4n) is 2.20. The highest BCUT2D eigenvalue weighted by atomic mass is 16.4. The molecule has 0 aromatic heterocycles. The summed E-state index contributed by atoms with van der Waals surface area (Å²) in [4.78, 5) is 22.9. The SMILES string of the molecule is O=C1NCc2ccc3c(c2CN1)NC(=O)C3=NO. The van der Waals surface area contributed by atoms with Crippen molar-refractivity contribution in [3.05, 3.63) is 28.8 Å². The van der Waals surface area contributed by atoms with Crippen LogP contribution >= 0.6 is 0 Å². The molecule has 3 amide bonds. The molecule has 0 unspecified atom stereocenters. The fourth-order valence-corrected chi connectivity index (χ4v) is 2.20. The third-order valence-electron chi connectivity index (χ3n) is 3.08. The van der Waals surface area contributed by atoms with Crippen LogP contribution in [-0.2, 0) is 17.9 Å². The van der Waals surface area contributed by atoms with Crippen LogP contribution in [0.4, 0.5) is 10.5 Å². The second-order valence-corrected chi connectivity index (χ2v) is 4.06. The van der Waals surface area contributed by atoms with Crippen LogP contribution in [0.1, 0.15) is 16.7 Å². The lowest BCUT2D eigenvalue weighted by molar-refractivity contribution is -0.110. The number of amides is 3. The molecule has 0 spiro atoms. The summed E-state index contributed by atoms with van der Waals surface area (Å²) in [5, 5.41) is 19.8. The maximum Gasteiger partial charge on any atom is 0.315 e. The minimum absolute atomic E-state index is 0.00340. The Morgan fingerprint density at radius 2 is 1.94 bits per heavy atom. The number of oxime groups is 1. The molecule has 0 atom stereocenters. The molecule has 92 valence electrons. The van der Waals surface area contributed by atoms with Gasteiger partial charge in [0.1, 0.15) is 0 Å². The number of benzene rings is 1. The molecule has 0 radical (unpaired) electrons. The van der Waals surface area contributed by atoms with Crippen molar-refractivity contribution in [2.45, 2.75) is 13.1 Å². The molecule has 2 aliphatic rings. The summed E-state index contributed by atoms with van der Waals surface area (Å²) in [6, 6.07) is 3.27. The molecule has 1 aromatic carbocycles. The van der Waals surface area contributed by atoms with Gasteiger partial charge in [0.25, 0.3) is 5.91 Å². The van der Waals surface area contributed by atoms with Gasteiger partial charge in [0.15, 0.2) is 5.71 Å². The molecule has 2 aliphatic heterocycles. The van der Waals surface area contributed by atoms with Crippen LogP contribution in [0.2, 0.25) is 0 Å². The van der Waals surface area contributed by atoms with Crippen LogP contribution < -0.4 is 16.0 Å². The maximum atomic E-state index is 11.6. The van der Waals surface area contributed by atoms with E-state index in [2.05, 4.69) is 21.1 Å². The van der Waals surface area contributed by atoms with E-state index < -0.39 is 5.91 Å². The van der Waals surface area contributed by atoms with E-state index in [-0.39, 0.29) is 11.7 Å². The average molecular weight is 246 g/mol. The van der Waals surface area contributed by atoms with E-state index in [1.54, 1.807) is 6.07 Å². The van der Waals surface area contributed by atoms with Crippen LogP contribution in [0.3, 0.4) is 0 Å². The number of nitrogens with zero attached hydrogens (tertiary/aromatic N) is 1. The average Bonchev–Trinajstić information content (AvgIpc) is 2.56. The molecule has 1 aromatic rings. The topological polar surface area (TPSA) is 103 Å². The van der Waals surface area contributed by atoms with Gasteiger partial charge < -0.3 is 21.2 Å². The lowest BCUT2D eigenvalue weighted by Crippen LogP contribution is -2.31. The largest absolute Gasteiger partial charge is 0.410 e. The molecule has 0 bridgehead atoms. The number of urea groups is 1. The lowest BCUT2D eigenvalue weighted by atomic mass is 10.0. The molecule has 7 heteroatoms. The van der Waals surface area contributed by atoms with Crippen LogP contribution in [0.15, 0.2) is 17.3 Å². The van der Waals surface area contributed by atoms with Gasteiger partial charge in [0.2, 0.25) is 0 Å². The summed E-state index contributed by atoms with van der Waals surface area (Å²) in [6.45, 7) is 0.721. The lowest BCUT2D eigenvalue weighted by Gasteiger charge is -2.09. The zero-order chi connectivity index (χ0) is 12.7. The van der Waals surface area contributed by atoms with E-state index in [0.29, 0.717) is 24.3 Å². The smallest absolute Gasteiger partial charge is 0.315 e. The number of rotatable bonds is 0. The summed E-state index contributed by atoms with van der Waals surface area (Å²) in [7, 11) is 0. The molecule has 2 heterocycles. The zero-order valence-electron chi connectivity index (χ0n) is 9.28. The normalized spacial score (nSPS) is 19.4. The zero-order valence-corrected chi connectivity index (χ0v) is 9.28. The van der Waals surface area contributed by atoms with Crippen LogP contribution in [-0.4, -0.2) is 22.9 Å². The van der Waals surface area contributed by atoms with Crippen molar-refractivity contribution in [2.24, 2.45) is 5.16 Å². The maximum absolute atomic E-state index is 11.6. The molecule has 0 fully saturated rings. The number of hydrogen-bond acceptors (Lipinski definition) is 4. The summed E-state index contributed by atoms with van der Waals surface area (Å²) in [6.07, 6.45) is 0. The number of carbonyl (C=O) groups is 2. The standard InChI is InChI=1S/C11H10N4O3/c16-10-9(15-18)6-2-1-5-3-12-11(17)13-4-7(5)8(6)14-10/h1-2,18H,3-4H2,(H2,12,13,17)(H,14,15,16). The Balaban J connectivity index is 2.14. The first-order valence-electron chi connectivity index (χ1n) is 5.41. The number of anilines is 1. The Morgan fingerprint density at radius 3 is 2.72 bits per heavy atom. The Bertz CT molecular complexity index is 594. The first kappa shape index (κ1) is 10.6. The second kappa shape index (κ2) is 3.73. The number of carbonyl (C=O) groups excluding carboxylic acids is 2. The van der Waals surface area contributed by atoms with Crippen molar-refractivity contribution < 1.29 is 14.8 Å². The molecule has 3 rings (SSSR count). The van der Waals surface area contributed by atoms with Crippen molar-refractivity contribution in [1.82, 2.24) is 10.6 Å². The molecule has 0 saturated heterocycles. The molecule has 18 heavy (non-hydrogen) atoms.